The van der Waals surface area contributed by atoms with Gasteiger partial charge < -0.3 is 4.98 Å². The molecule has 0 radical (unpaired) electrons. The lowest BCUT2D eigenvalue weighted by atomic mass is 10.2. The Morgan fingerprint density at radius 3 is 2.95 bits per heavy atom. The second kappa shape index (κ2) is 5.78. The van der Waals surface area contributed by atoms with Crippen molar-refractivity contribution < 1.29 is 4.79 Å². The Morgan fingerprint density at radius 1 is 1.27 bits per heavy atom. The molecule has 0 aliphatic carbocycles. The van der Waals surface area contributed by atoms with Crippen molar-refractivity contribution in [3.8, 4) is 0 Å². The van der Waals surface area contributed by atoms with Crippen molar-refractivity contribution >= 4 is 34.2 Å². The van der Waals surface area contributed by atoms with Gasteiger partial charge in [-0.3, -0.25) is 20.4 Å². The molecule has 0 unspecified atom stereocenters. The number of nitrogens with one attached hydrogen (secondary N) is 3. The van der Waals surface area contributed by atoms with Crippen molar-refractivity contribution in [3.63, 3.8) is 0 Å². The molecular formula is C13H9ClN6O2. The molecule has 0 bridgehead atoms. The Labute approximate surface area is 128 Å². The van der Waals surface area contributed by atoms with Crippen LogP contribution in [0.25, 0.3) is 10.9 Å². The van der Waals surface area contributed by atoms with E-state index in [-0.39, 0.29) is 16.6 Å². The van der Waals surface area contributed by atoms with E-state index in [9.17, 15) is 9.59 Å². The third kappa shape index (κ3) is 2.72. The van der Waals surface area contributed by atoms with E-state index in [4.69, 9.17) is 11.6 Å². The average Bonchev–Trinajstić information content (AvgIpc) is 2.54. The van der Waals surface area contributed by atoms with Crippen molar-refractivity contribution in [1.82, 2.24) is 25.4 Å². The predicted octanol–water partition coefficient (Wildman–Crippen LogP) is 1.12. The Kier molecular flexibility index (Phi) is 3.67. The summed E-state index contributed by atoms with van der Waals surface area (Å²) in [7, 11) is 0. The van der Waals surface area contributed by atoms with Gasteiger partial charge in [-0.1, -0.05) is 11.6 Å². The molecule has 0 saturated heterocycles. The first-order valence-corrected chi connectivity index (χ1v) is 6.53. The van der Waals surface area contributed by atoms with Gasteiger partial charge in [0.05, 0.1) is 28.4 Å². The van der Waals surface area contributed by atoms with E-state index in [0.717, 1.165) is 0 Å². The maximum Gasteiger partial charge on any atom is 0.288 e. The van der Waals surface area contributed by atoms with Crippen molar-refractivity contribution in [2.75, 3.05) is 5.43 Å². The molecule has 3 aromatic rings. The first kappa shape index (κ1) is 14.0. The summed E-state index contributed by atoms with van der Waals surface area (Å²) >= 11 is 5.91. The molecule has 0 spiro atoms. The number of fused-ring (bicyclic) bond motifs is 1. The fourth-order valence-electron chi connectivity index (χ4n) is 1.75. The predicted molar refractivity (Wildman–Crippen MR) is 80.5 cm³/mol. The SMILES string of the molecule is O=C(NNc1ncccc1Cl)c1cc2c(=O)[nH]cnc2cn1. The number of rotatable bonds is 3. The maximum atomic E-state index is 12.0. The number of hydrazine groups is 1. The molecule has 1 amide bonds. The zero-order chi connectivity index (χ0) is 15.5. The Bertz CT molecular complexity index is 910. The van der Waals surface area contributed by atoms with Crippen LogP contribution < -0.4 is 16.4 Å². The highest BCUT2D eigenvalue weighted by Crippen LogP contribution is 2.16. The highest BCUT2D eigenvalue weighted by Gasteiger charge is 2.10. The van der Waals surface area contributed by atoms with Gasteiger partial charge in [0.25, 0.3) is 11.5 Å². The number of amides is 1. The van der Waals surface area contributed by atoms with Crippen LogP contribution in [0, 0.1) is 0 Å². The molecule has 0 saturated carbocycles. The van der Waals surface area contributed by atoms with Gasteiger partial charge in [0.15, 0.2) is 5.82 Å². The number of hydrogen-bond acceptors (Lipinski definition) is 6. The van der Waals surface area contributed by atoms with Crippen LogP contribution in [0.3, 0.4) is 0 Å². The van der Waals surface area contributed by atoms with Crippen molar-refractivity contribution in [2.24, 2.45) is 0 Å². The molecule has 0 aromatic carbocycles. The van der Waals surface area contributed by atoms with Gasteiger partial charge in [-0.25, -0.2) is 15.0 Å². The number of carbonyl (C=O) groups is 1. The number of hydrogen-bond donors (Lipinski definition) is 3. The molecule has 3 heterocycles. The van der Waals surface area contributed by atoms with Crippen LogP contribution >= 0.6 is 11.6 Å². The van der Waals surface area contributed by atoms with Crippen LogP contribution in [0.5, 0.6) is 0 Å². The normalized spacial score (nSPS) is 10.4. The fourth-order valence-corrected chi connectivity index (χ4v) is 1.92. The average molecular weight is 317 g/mol. The van der Waals surface area contributed by atoms with Crippen molar-refractivity contribution in [3.05, 3.63) is 58.0 Å². The summed E-state index contributed by atoms with van der Waals surface area (Å²) in [6, 6.07) is 4.65. The summed E-state index contributed by atoms with van der Waals surface area (Å²) in [5, 5.41) is 0.633. The third-order valence-electron chi connectivity index (χ3n) is 2.81. The zero-order valence-corrected chi connectivity index (χ0v) is 11.8. The van der Waals surface area contributed by atoms with Gasteiger partial charge in [-0.05, 0) is 18.2 Å². The fraction of sp³-hybridized carbons (Fsp3) is 0. The number of anilines is 1. The molecule has 22 heavy (non-hydrogen) atoms. The minimum absolute atomic E-state index is 0.0607. The van der Waals surface area contributed by atoms with Crippen LogP contribution in [0.2, 0.25) is 5.02 Å². The quantitative estimate of drug-likeness (QED) is 0.624. The van der Waals surface area contributed by atoms with E-state index in [1.54, 1.807) is 12.1 Å². The van der Waals surface area contributed by atoms with E-state index < -0.39 is 5.91 Å². The molecule has 3 N–H and O–H groups in total. The molecular weight excluding hydrogens is 308 g/mol. The van der Waals surface area contributed by atoms with Crippen LogP contribution in [-0.2, 0) is 0 Å². The van der Waals surface area contributed by atoms with Crippen LogP contribution in [0.1, 0.15) is 10.5 Å². The highest BCUT2D eigenvalue weighted by atomic mass is 35.5. The molecule has 0 aliphatic heterocycles. The molecule has 3 aromatic heterocycles. The summed E-state index contributed by atoms with van der Waals surface area (Å²) in [6.45, 7) is 0. The first-order chi connectivity index (χ1) is 10.6. The number of H-pyrrole nitrogens is 1. The molecule has 0 atom stereocenters. The van der Waals surface area contributed by atoms with Gasteiger partial charge in [0.2, 0.25) is 0 Å². The number of nitrogens with zero attached hydrogens (tertiary/aromatic N) is 3. The molecule has 0 aliphatic rings. The second-order valence-corrected chi connectivity index (χ2v) is 4.64. The smallest absolute Gasteiger partial charge is 0.288 e. The molecule has 3 rings (SSSR count). The summed E-state index contributed by atoms with van der Waals surface area (Å²) in [4.78, 5) is 38.0. The van der Waals surface area contributed by atoms with E-state index in [2.05, 4.69) is 30.8 Å². The number of carbonyl (C=O) groups excluding carboxylic acids is 1. The number of halogens is 1. The molecule has 9 heteroatoms. The Balaban J connectivity index is 1.82. The number of aromatic amines is 1. The lowest BCUT2D eigenvalue weighted by Crippen LogP contribution is -2.30. The van der Waals surface area contributed by atoms with Crippen LogP contribution in [0.4, 0.5) is 5.82 Å². The molecule has 0 fully saturated rings. The highest BCUT2D eigenvalue weighted by molar-refractivity contribution is 6.32. The minimum Gasteiger partial charge on any atom is -0.313 e. The molecule has 110 valence electrons. The van der Waals surface area contributed by atoms with E-state index >= 15 is 0 Å². The van der Waals surface area contributed by atoms with E-state index in [1.165, 1.54) is 24.8 Å². The lowest BCUT2D eigenvalue weighted by Gasteiger charge is -2.08. The topological polar surface area (TPSA) is 113 Å². The summed E-state index contributed by atoms with van der Waals surface area (Å²) < 4.78 is 0. The van der Waals surface area contributed by atoms with E-state index in [0.29, 0.717) is 16.4 Å². The van der Waals surface area contributed by atoms with Gasteiger partial charge in [0.1, 0.15) is 5.69 Å². The maximum absolute atomic E-state index is 12.0. The lowest BCUT2D eigenvalue weighted by molar-refractivity contribution is 0.0958. The van der Waals surface area contributed by atoms with Crippen LogP contribution in [0.15, 0.2) is 41.7 Å². The van der Waals surface area contributed by atoms with Crippen molar-refractivity contribution in [2.45, 2.75) is 0 Å². The number of pyridine rings is 2. The monoisotopic (exact) mass is 316 g/mol. The Hall–Kier alpha value is -3.00. The minimum atomic E-state index is -0.535. The van der Waals surface area contributed by atoms with Gasteiger partial charge >= 0.3 is 0 Å². The largest absolute Gasteiger partial charge is 0.313 e. The second-order valence-electron chi connectivity index (χ2n) is 4.23. The summed E-state index contributed by atoms with van der Waals surface area (Å²) in [5.74, 6) is -0.232. The molecule has 8 nitrogen and oxygen atoms in total. The van der Waals surface area contributed by atoms with Gasteiger partial charge in [-0.15, -0.1) is 0 Å². The summed E-state index contributed by atoms with van der Waals surface area (Å²) in [6.07, 6.45) is 4.16. The van der Waals surface area contributed by atoms with Crippen molar-refractivity contribution in [1.29, 1.82) is 0 Å². The van der Waals surface area contributed by atoms with Crippen LogP contribution in [-0.4, -0.2) is 25.8 Å². The first-order valence-electron chi connectivity index (χ1n) is 6.15. The van der Waals surface area contributed by atoms with Gasteiger partial charge in [-0.2, -0.15) is 0 Å². The van der Waals surface area contributed by atoms with E-state index in [1.807, 2.05) is 0 Å². The summed E-state index contributed by atoms with van der Waals surface area (Å²) in [5.41, 5.74) is 5.12. The Morgan fingerprint density at radius 2 is 2.14 bits per heavy atom. The van der Waals surface area contributed by atoms with Gasteiger partial charge in [0, 0.05) is 6.20 Å². The number of aromatic nitrogens is 4. The zero-order valence-electron chi connectivity index (χ0n) is 11.0. The third-order valence-corrected chi connectivity index (χ3v) is 3.12. The standard InChI is InChI=1S/C13H9ClN6O2/c14-8-2-1-3-15-11(8)19-20-13(22)9-4-7-10(5-16-9)17-6-18-12(7)21/h1-6H,(H,15,19)(H,20,22)(H,17,18,21).